The molecule has 0 saturated carbocycles. The molecule has 0 amide bonds. The number of allylic oxidation sites excluding steroid dienone is 1. The predicted octanol–water partition coefficient (Wildman–Crippen LogP) is 4.94. The van der Waals surface area contributed by atoms with Crippen molar-refractivity contribution in [1.82, 2.24) is 0 Å². The lowest BCUT2D eigenvalue weighted by Gasteiger charge is -1.98. The van der Waals surface area contributed by atoms with Gasteiger partial charge in [-0.15, -0.1) is 11.3 Å². The normalized spacial score (nSPS) is 11.0. The van der Waals surface area contributed by atoms with Crippen LogP contribution in [0.15, 0.2) is 25.2 Å². The van der Waals surface area contributed by atoms with Crippen molar-refractivity contribution in [2.24, 2.45) is 0 Å². The lowest BCUT2D eigenvalue weighted by molar-refractivity contribution is -0.114. The summed E-state index contributed by atoms with van der Waals surface area (Å²) in [6.45, 7) is 3.53. The molecule has 0 spiro atoms. The molecule has 0 aliphatic rings. The van der Waals surface area contributed by atoms with Crippen LogP contribution in [0.4, 0.5) is 0 Å². The first-order chi connectivity index (χ1) is 12.8. The van der Waals surface area contributed by atoms with E-state index in [4.69, 9.17) is 9.15 Å². The molecule has 0 aromatic carbocycles. The second-order valence-electron chi connectivity index (χ2n) is 5.23. The van der Waals surface area contributed by atoms with Crippen molar-refractivity contribution in [2.45, 2.75) is 20.3 Å². The molecule has 0 atom stereocenters. The summed E-state index contributed by atoms with van der Waals surface area (Å²) in [4.78, 5) is 25.3. The van der Waals surface area contributed by atoms with Gasteiger partial charge >= 0.3 is 5.97 Å². The van der Waals surface area contributed by atoms with Crippen LogP contribution in [0.5, 0.6) is 0 Å². The molecule has 0 N–H and O–H groups in total. The zero-order valence-corrected chi connectivity index (χ0v) is 18.2. The average molecular weight is 512 g/mol. The Labute approximate surface area is 176 Å². The van der Waals surface area contributed by atoms with Gasteiger partial charge in [0, 0.05) is 17.4 Å². The summed E-state index contributed by atoms with van der Waals surface area (Å²) in [6.07, 6.45) is 1.16. The van der Waals surface area contributed by atoms with Gasteiger partial charge in [-0.3, -0.25) is 4.79 Å². The third kappa shape index (κ3) is 4.75. The van der Waals surface area contributed by atoms with Crippen molar-refractivity contribution < 1.29 is 18.7 Å². The number of hydrogen-bond acceptors (Lipinski definition) is 7. The van der Waals surface area contributed by atoms with E-state index >= 15 is 0 Å². The molecule has 0 aliphatic carbocycles. The molecule has 2 rings (SSSR count). The van der Waals surface area contributed by atoms with Crippen LogP contribution in [0.2, 0.25) is 0 Å². The summed E-state index contributed by atoms with van der Waals surface area (Å²) in [5.74, 6) is -0.681. The summed E-state index contributed by atoms with van der Waals surface area (Å²) in [5, 5.41) is 18.7. The Morgan fingerprint density at radius 3 is 2.59 bits per heavy atom. The Balaban J connectivity index is 2.33. The van der Waals surface area contributed by atoms with Crippen LogP contribution in [0.25, 0.3) is 6.08 Å². The number of halogens is 2. The number of Topliss-reactive ketones (excluding diaryl/α,β-unsaturated/α-hetero) is 1. The van der Waals surface area contributed by atoms with E-state index in [0.29, 0.717) is 25.3 Å². The molecule has 0 aliphatic heterocycles. The van der Waals surface area contributed by atoms with Gasteiger partial charge in [-0.05, 0) is 57.3 Å². The third-order valence-electron chi connectivity index (χ3n) is 3.49. The number of rotatable bonds is 6. The molecule has 6 nitrogen and oxygen atoms in total. The lowest BCUT2D eigenvalue weighted by Crippen LogP contribution is -2.05. The maximum absolute atomic E-state index is 12.5. The number of esters is 1. The van der Waals surface area contributed by atoms with Crippen LogP contribution >= 0.6 is 43.2 Å². The van der Waals surface area contributed by atoms with Gasteiger partial charge in [0.2, 0.25) is 0 Å². The SMILES string of the molecule is CCOC(=O)c1sc(CC(=O)/C(C#N)=C/c2cc(Br)c(Br)o2)c(C#N)c1C. The molecule has 2 heterocycles. The number of furan rings is 1. The first-order valence-electron chi connectivity index (χ1n) is 7.61. The predicted molar refractivity (Wildman–Crippen MR) is 106 cm³/mol. The monoisotopic (exact) mass is 510 g/mol. The van der Waals surface area contributed by atoms with Gasteiger partial charge in [0.25, 0.3) is 0 Å². The van der Waals surface area contributed by atoms with E-state index in [1.165, 1.54) is 6.08 Å². The fourth-order valence-corrected chi connectivity index (χ4v) is 3.98. The first kappa shape index (κ1) is 21.1. The number of hydrogen-bond donors (Lipinski definition) is 0. The average Bonchev–Trinajstić information content (AvgIpc) is 3.11. The highest BCUT2D eigenvalue weighted by molar-refractivity contribution is 9.13. The fourth-order valence-electron chi connectivity index (χ4n) is 2.23. The van der Waals surface area contributed by atoms with E-state index in [1.807, 2.05) is 12.1 Å². The minimum Gasteiger partial charge on any atom is -0.462 e. The number of ether oxygens (including phenoxy) is 1. The summed E-state index contributed by atoms with van der Waals surface area (Å²) < 4.78 is 11.4. The minimum absolute atomic E-state index is 0.114. The smallest absolute Gasteiger partial charge is 0.348 e. The van der Waals surface area contributed by atoms with Crippen LogP contribution < -0.4 is 0 Å². The number of ketones is 1. The van der Waals surface area contributed by atoms with E-state index in [2.05, 4.69) is 31.9 Å². The Morgan fingerprint density at radius 1 is 1.37 bits per heavy atom. The maximum Gasteiger partial charge on any atom is 0.348 e. The summed E-state index contributed by atoms with van der Waals surface area (Å²) in [6, 6.07) is 5.49. The van der Waals surface area contributed by atoms with E-state index < -0.39 is 11.8 Å². The van der Waals surface area contributed by atoms with E-state index in [1.54, 1.807) is 19.9 Å². The van der Waals surface area contributed by atoms with E-state index in [9.17, 15) is 20.1 Å². The zero-order valence-electron chi connectivity index (χ0n) is 14.3. The molecule has 0 radical (unpaired) electrons. The molecule has 0 saturated heterocycles. The maximum atomic E-state index is 12.5. The Bertz CT molecular complexity index is 1000. The highest BCUT2D eigenvalue weighted by atomic mass is 79.9. The van der Waals surface area contributed by atoms with Crippen molar-refractivity contribution in [3.63, 3.8) is 0 Å². The minimum atomic E-state index is -0.531. The van der Waals surface area contributed by atoms with Crippen molar-refractivity contribution in [1.29, 1.82) is 10.5 Å². The number of nitriles is 2. The molecule has 138 valence electrons. The fraction of sp³-hybridized carbons (Fsp3) is 0.222. The quantitative estimate of drug-likeness (QED) is 0.309. The zero-order chi connectivity index (χ0) is 20.1. The van der Waals surface area contributed by atoms with Gasteiger partial charge in [0.15, 0.2) is 10.5 Å². The Morgan fingerprint density at radius 2 is 2.07 bits per heavy atom. The van der Waals surface area contributed by atoms with E-state index in [-0.39, 0.29) is 29.0 Å². The summed E-state index contributed by atoms with van der Waals surface area (Å²) in [5.41, 5.74) is 0.624. The first-order valence-corrected chi connectivity index (χ1v) is 10.0. The molecular formula is C18H12Br2N2O4S. The second kappa shape index (κ2) is 9.14. The number of carbonyl (C=O) groups excluding carboxylic acids is 2. The molecular weight excluding hydrogens is 500 g/mol. The third-order valence-corrected chi connectivity index (χ3v) is 6.47. The number of thiophene rings is 1. The molecule has 9 heteroatoms. The highest BCUT2D eigenvalue weighted by Crippen LogP contribution is 2.30. The summed E-state index contributed by atoms with van der Waals surface area (Å²) >= 11 is 7.48. The van der Waals surface area contributed by atoms with Crippen molar-refractivity contribution in [3.05, 3.63) is 47.4 Å². The van der Waals surface area contributed by atoms with Crippen molar-refractivity contribution in [3.8, 4) is 12.1 Å². The topological polar surface area (TPSA) is 104 Å². The molecule has 0 unspecified atom stereocenters. The number of nitrogens with zero attached hydrogens (tertiary/aromatic N) is 2. The molecule has 2 aromatic heterocycles. The van der Waals surface area contributed by atoms with Gasteiger partial charge in [-0.2, -0.15) is 10.5 Å². The number of carbonyl (C=O) groups is 2. The molecule has 0 fully saturated rings. The van der Waals surface area contributed by atoms with Gasteiger partial charge in [0.1, 0.15) is 22.8 Å². The molecule has 2 aromatic rings. The largest absolute Gasteiger partial charge is 0.462 e. The lowest BCUT2D eigenvalue weighted by atomic mass is 10.0. The summed E-state index contributed by atoms with van der Waals surface area (Å²) in [7, 11) is 0. The second-order valence-corrected chi connectivity index (χ2v) is 7.91. The Kier molecular flexibility index (Phi) is 7.14. The highest BCUT2D eigenvalue weighted by Gasteiger charge is 2.23. The van der Waals surface area contributed by atoms with Crippen molar-refractivity contribution in [2.75, 3.05) is 6.61 Å². The van der Waals surface area contributed by atoms with Gasteiger partial charge < -0.3 is 9.15 Å². The van der Waals surface area contributed by atoms with Crippen molar-refractivity contribution >= 4 is 61.0 Å². The molecule has 27 heavy (non-hydrogen) atoms. The molecule has 0 bridgehead atoms. The van der Waals surface area contributed by atoms with Crippen LogP contribution in [0.3, 0.4) is 0 Å². The van der Waals surface area contributed by atoms with Crippen LogP contribution in [0, 0.1) is 29.6 Å². The van der Waals surface area contributed by atoms with E-state index in [0.717, 1.165) is 11.3 Å². The Hall–Kier alpha value is -2.20. The standard InChI is InChI=1S/C18H12Br2N2O4S/c1-3-25-18(24)16-9(2)12(8-22)15(27-16)6-14(23)10(7-21)4-11-5-13(19)17(20)26-11/h4-5H,3,6H2,1-2H3/b10-4+. The van der Waals surface area contributed by atoms with Crippen LogP contribution in [-0.4, -0.2) is 18.4 Å². The van der Waals surface area contributed by atoms with Gasteiger partial charge in [0.05, 0.1) is 22.2 Å². The van der Waals surface area contributed by atoms with Crippen LogP contribution in [0.1, 0.15) is 38.4 Å². The van der Waals surface area contributed by atoms with Crippen LogP contribution in [-0.2, 0) is 16.0 Å². The van der Waals surface area contributed by atoms with Gasteiger partial charge in [-0.1, -0.05) is 0 Å². The van der Waals surface area contributed by atoms with Gasteiger partial charge in [-0.25, -0.2) is 4.79 Å².